The average molecular weight is 355 g/mol. The molecule has 0 atom stereocenters. The third-order valence-electron chi connectivity index (χ3n) is 2.50. The summed E-state index contributed by atoms with van der Waals surface area (Å²) >= 11 is 3.44. The van der Waals surface area contributed by atoms with Gasteiger partial charge in [-0.3, -0.25) is 9.79 Å². The van der Waals surface area contributed by atoms with Crippen molar-refractivity contribution in [3.63, 3.8) is 0 Å². The van der Waals surface area contributed by atoms with Gasteiger partial charge >= 0.3 is 0 Å². The summed E-state index contributed by atoms with van der Waals surface area (Å²) in [5, 5.41) is 9.05. The molecule has 0 fully saturated rings. The number of nitrogens with zero attached hydrogens (tertiary/aromatic N) is 1. The molecule has 6 heteroatoms. The molecule has 1 rings (SSSR count). The molecule has 0 spiro atoms. The van der Waals surface area contributed by atoms with Gasteiger partial charge in [0.1, 0.15) is 0 Å². The third kappa shape index (κ3) is 7.70. The normalized spacial score (nSPS) is 12.0. The van der Waals surface area contributed by atoms with Gasteiger partial charge in [0.05, 0.1) is 6.54 Å². The molecule has 116 valence electrons. The van der Waals surface area contributed by atoms with Gasteiger partial charge < -0.3 is 16.0 Å². The van der Waals surface area contributed by atoms with Crippen LogP contribution < -0.4 is 16.0 Å². The smallest absolute Gasteiger partial charge is 0.239 e. The molecular formula is C15H23BrN4O. The van der Waals surface area contributed by atoms with Crippen molar-refractivity contribution in [3.8, 4) is 0 Å². The van der Waals surface area contributed by atoms with Crippen molar-refractivity contribution >= 4 is 27.8 Å². The molecule has 1 aromatic carbocycles. The van der Waals surface area contributed by atoms with Crippen molar-refractivity contribution in [3.05, 3.63) is 34.3 Å². The fraction of sp³-hybridized carbons (Fsp3) is 0.467. The van der Waals surface area contributed by atoms with Crippen molar-refractivity contribution in [2.45, 2.75) is 32.9 Å². The highest BCUT2D eigenvalue weighted by molar-refractivity contribution is 9.10. The van der Waals surface area contributed by atoms with Gasteiger partial charge in [0.15, 0.2) is 5.96 Å². The number of hydrogen-bond acceptors (Lipinski definition) is 2. The van der Waals surface area contributed by atoms with Crippen molar-refractivity contribution in [2.75, 3.05) is 13.6 Å². The first-order chi connectivity index (χ1) is 9.80. The number of benzene rings is 1. The van der Waals surface area contributed by atoms with Gasteiger partial charge in [0, 0.05) is 23.6 Å². The van der Waals surface area contributed by atoms with Crippen LogP contribution in [0.3, 0.4) is 0 Å². The molecule has 0 aliphatic heterocycles. The summed E-state index contributed by atoms with van der Waals surface area (Å²) < 4.78 is 1.04. The van der Waals surface area contributed by atoms with Crippen LogP contribution in [0.2, 0.25) is 0 Å². The minimum atomic E-state index is -0.230. The summed E-state index contributed by atoms with van der Waals surface area (Å²) in [6.07, 6.45) is 0. The van der Waals surface area contributed by atoms with Crippen LogP contribution in [-0.2, 0) is 11.3 Å². The fourth-order valence-electron chi connectivity index (χ4n) is 1.68. The van der Waals surface area contributed by atoms with E-state index in [4.69, 9.17) is 0 Å². The zero-order chi connectivity index (χ0) is 15.9. The maximum Gasteiger partial charge on any atom is 0.239 e. The van der Waals surface area contributed by atoms with E-state index in [9.17, 15) is 4.79 Å². The lowest BCUT2D eigenvalue weighted by atomic mass is 10.1. The van der Waals surface area contributed by atoms with E-state index in [1.54, 1.807) is 7.05 Å². The van der Waals surface area contributed by atoms with Gasteiger partial charge in [-0.15, -0.1) is 0 Å². The Morgan fingerprint density at radius 2 is 2.00 bits per heavy atom. The number of rotatable bonds is 4. The number of hydrogen-bond donors (Lipinski definition) is 3. The summed E-state index contributed by atoms with van der Waals surface area (Å²) in [5.41, 5.74) is 0.901. The first kappa shape index (κ1) is 17.5. The molecular weight excluding hydrogens is 332 g/mol. The minimum Gasteiger partial charge on any atom is -0.352 e. The van der Waals surface area contributed by atoms with Crippen LogP contribution in [0.25, 0.3) is 0 Å². The van der Waals surface area contributed by atoms with Crippen molar-refractivity contribution in [1.82, 2.24) is 16.0 Å². The molecule has 3 N–H and O–H groups in total. The Morgan fingerprint density at radius 1 is 1.29 bits per heavy atom. The molecule has 0 radical (unpaired) electrons. The van der Waals surface area contributed by atoms with Gasteiger partial charge in [0.25, 0.3) is 0 Å². The van der Waals surface area contributed by atoms with Crippen molar-refractivity contribution < 1.29 is 4.79 Å². The maximum atomic E-state index is 11.7. The van der Waals surface area contributed by atoms with Gasteiger partial charge in [-0.25, -0.2) is 0 Å². The van der Waals surface area contributed by atoms with E-state index in [0.29, 0.717) is 12.5 Å². The first-order valence-electron chi connectivity index (χ1n) is 6.80. The maximum absolute atomic E-state index is 11.7. The monoisotopic (exact) mass is 354 g/mol. The molecule has 1 amide bonds. The van der Waals surface area contributed by atoms with Crippen LogP contribution in [0.4, 0.5) is 0 Å². The van der Waals surface area contributed by atoms with Gasteiger partial charge in [-0.1, -0.05) is 28.1 Å². The highest BCUT2D eigenvalue weighted by atomic mass is 79.9. The fourth-order valence-corrected chi connectivity index (χ4v) is 2.13. The zero-order valence-electron chi connectivity index (χ0n) is 13.0. The second-order valence-electron chi connectivity index (χ2n) is 5.71. The number of guanidine groups is 1. The van der Waals surface area contributed by atoms with Crippen LogP contribution >= 0.6 is 15.9 Å². The number of aliphatic imine (C=N–C) groups is 1. The lowest BCUT2D eigenvalue weighted by molar-refractivity contribution is -0.121. The highest BCUT2D eigenvalue weighted by Gasteiger charge is 2.13. The number of carbonyl (C=O) groups is 1. The summed E-state index contributed by atoms with van der Waals surface area (Å²) in [6.45, 7) is 6.68. The number of amides is 1. The lowest BCUT2D eigenvalue weighted by Gasteiger charge is -2.21. The van der Waals surface area contributed by atoms with E-state index >= 15 is 0 Å². The van der Waals surface area contributed by atoms with Gasteiger partial charge in [-0.05, 0) is 38.5 Å². The topological polar surface area (TPSA) is 65.5 Å². The van der Waals surface area contributed by atoms with E-state index in [2.05, 4.69) is 36.9 Å². The SMILES string of the molecule is CN=C(NCC(=O)NC(C)(C)C)NCc1cccc(Br)c1. The zero-order valence-corrected chi connectivity index (χ0v) is 14.5. The minimum absolute atomic E-state index is 0.0621. The highest BCUT2D eigenvalue weighted by Crippen LogP contribution is 2.11. The largest absolute Gasteiger partial charge is 0.352 e. The van der Waals surface area contributed by atoms with E-state index < -0.39 is 0 Å². The third-order valence-corrected chi connectivity index (χ3v) is 3.00. The molecule has 0 aromatic heterocycles. The number of carbonyl (C=O) groups excluding carboxylic acids is 1. The molecule has 5 nitrogen and oxygen atoms in total. The van der Waals surface area contributed by atoms with Gasteiger partial charge in [-0.2, -0.15) is 0 Å². The Labute approximate surface area is 134 Å². The number of nitrogens with one attached hydrogen (secondary N) is 3. The van der Waals surface area contributed by atoms with E-state index in [-0.39, 0.29) is 18.0 Å². The second kappa shape index (κ2) is 8.02. The Hall–Kier alpha value is -1.56. The Kier molecular flexibility index (Phi) is 6.68. The lowest BCUT2D eigenvalue weighted by Crippen LogP contribution is -2.48. The predicted molar refractivity (Wildman–Crippen MR) is 90.2 cm³/mol. The van der Waals surface area contributed by atoms with Gasteiger partial charge in [0.2, 0.25) is 5.91 Å². The average Bonchev–Trinajstić information content (AvgIpc) is 2.37. The molecule has 1 aromatic rings. The van der Waals surface area contributed by atoms with Crippen LogP contribution in [0.5, 0.6) is 0 Å². The van der Waals surface area contributed by atoms with Crippen LogP contribution in [0.15, 0.2) is 33.7 Å². The summed E-state index contributed by atoms with van der Waals surface area (Å²) in [4.78, 5) is 15.8. The Morgan fingerprint density at radius 3 is 2.57 bits per heavy atom. The van der Waals surface area contributed by atoms with E-state index in [0.717, 1.165) is 10.0 Å². The summed E-state index contributed by atoms with van der Waals surface area (Å²) in [6, 6.07) is 8.02. The predicted octanol–water partition coefficient (Wildman–Crippen LogP) is 2.03. The molecule has 0 aliphatic rings. The summed E-state index contributed by atoms with van der Waals surface area (Å²) in [5.74, 6) is 0.534. The summed E-state index contributed by atoms with van der Waals surface area (Å²) in [7, 11) is 1.68. The molecule has 0 bridgehead atoms. The molecule has 0 aliphatic carbocycles. The van der Waals surface area contributed by atoms with Crippen LogP contribution in [-0.4, -0.2) is 31.0 Å². The van der Waals surface area contributed by atoms with Crippen molar-refractivity contribution in [1.29, 1.82) is 0 Å². The molecule has 0 heterocycles. The van der Waals surface area contributed by atoms with E-state index in [1.807, 2.05) is 45.0 Å². The standard InChI is InChI=1S/C15H23BrN4O/c1-15(2,3)20-13(21)10-19-14(17-4)18-9-11-6-5-7-12(16)8-11/h5-8H,9-10H2,1-4H3,(H,20,21)(H2,17,18,19). The Balaban J connectivity index is 2.41. The van der Waals surface area contributed by atoms with Crippen LogP contribution in [0, 0.1) is 0 Å². The molecule has 0 unspecified atom stereocenters. The first-order valence-corrected chi connectivity index (χ1v) is 7.59. The van der Waals surface area contributed by atoms with Crippen LogP contribution in [0.1, 0.15) is 26.3 Å². The Bertz CT molecular complexity index is 509. The van der Waals surface area contributed by atoms with E-state index in [1.165, 1.54) is 0 Å². The quantitative estimate of drug-likeness (QED) is 0.572. The molecule has 0 saturated carbocycles. The van der Waals surface area contributed by atoms with Crippen molar-refractivity contribution in [2.24, 2.45) is 4.99 Å². The molecule has 21 heavy (non-hydrogen) atoms. The number of halogens is 1. The molecule has 0 saturated heterocycles. The second-order valence-corrected chi connectivity index (χ2v) is 6.62.